The van der Waals surface area contributed by atoms with E-state index in [0.29, 0.717) is 25.9 Å². The minimum absolute atomic E-state index is 0.0163. The first-order chi connectivity index (χ1) is 10.1. The van der Waals surface area contributed by atoms with E-state index in [4.69, 9.17) is 11.6 Å². The highest BCUT2D eigenvalue weighted by atomic mass is 35.5. The molecule has 2 aliphatic rings. The van der Waals surface area contributed by atoms with Gasteiger partial charge in [0.1, 0.15) is 5.41 Å². The number of benzene rings is 1. The Morgan fingerprint density at radius 2 is 2.00 bits per heavy atom. The molecule has 1 saturated carbocycles. The van der Waals surface area contributed by atoms with Crippen LogP contribution in [0.2, 0.25) is 5.02 Å². The number of carbonyl (C=O) groups excluding carboxylic acids is 1. The van der Waals surface area contributed by atoms with E-state index in [1.54, 1.807) is 0 Å². The highest BCUT2D eigenvalue weighted by Crippen LogP contribution is 2.42. The van der Waals surface area contributed by atoms with Crippen LogP contribution in [0.15, 0.2) is 30.3 Å². The van der Waals surface area contributed by atoms with Gasteiger partial charge >= 0.3 is 0 Å². The predicted octanol–water partition coefficient (Wildman–Crippen LogP) is 3.65. The zero-order chi connectivity index (χ0) is 14.9. The Morgan fingerprint density at radius 3 is 2.48 bits per heavy atom. The predicted molar refractivity (Wildman–Crippen MR) is 82.5 cm³/mol. The number of rotatable bonds is 2. The van der Waals surface area contributed by atoms with Crippen LogP contribution < -0.4 is 0 Å². The molecule has 1 aromatic carbocycles. The number of carbonyl (C=O) groups is 1. The molecule has 1 aliphatic carbocycles. The lowest BCUT2D eigenvalue weighted by Gasteiger charge is -2.39. The van der Waals surface area contributed by atoms with Gasteiger partial charge in [-0.25, -0.2) is 0 Å². The molecule has 3 nitrogen and oxygen atoms in total. The number of nitrogens with zero attached hydrogens (tertiary/aromatic N) is 2. The molecule has 108 valence electrons. The summed E-state index contributed by atoms with van der Waals surface area (Å²) < 4.78 is 0. The van der Waals surface area contributed by atoms with E-state index in [-0.39, 0.29) is 5.91 Å². The van der Waals surface area contributed by atoms with E-state index in [2.05, 4.69) is 12.1 Å². The molecule has 21 heavy (non-hydrogen) atoms. The highest BCUT2D eigenvalue weighted by molar-refractivity contribution is 6.30. The lowest BCUT2D eigenvalue weighted by molar-refractivity contribution is -0.142. The van der Waals surface area contributed by atoms with Crippen molar-refractivity contribution in [3.63, 3.8) is 0 Å². The maximum atomic E-state index is 12.5. The van der Waals surface area contributed by atoms with Gasteiger partial charge in [0.2, 0.25) is 5.91 Å². The molecule has 1 aromatic rings. The Balaban J connectivity index is 1.71. The molecule has 0 bridgehead atoms. The van der Waals surface area contributed by atoms with Gasteiger partial charge in [0.25, 0.3) is 0 Å². The van der Waals surface area contributed by atoms with Crippen LogP contribution in [-0.4, -0.2) is 23.9 Å². The molecule has 3 rings (SSSR count). The van der Waals surface area contributed by atoms with E-state index in [1.165, 1.54) is 5.57 Å². The van der Waals surface area contributed by atoms with Crippen LogP contribution in [0.3, 0.4) is 0 Å². The van der Waals surface area contributed by atoms with Gasteiger partial charge < -0.3 is 4.90 Å². The minimum atomic E-state index is -0.731. The number of amides is 1. The van der Waals surface area contributed by atoms with Crippen molar-refractivity contribution in [1.82, 2.24) is 4.90 Å². The van der Waals surface area contributed by atoms with Crippen molar-refractivity contribution in [3.05, 3.63) is 40.9 Å². The van der Waals surface area contributed by atoms with Crippen LogP contribution in [0.5, 0.6) is 0 Å². The van der Waals surface area contributed by atoms with Gasteiger partial charge in [-0.05, 0) is 49.0 Å². The number of hydrogen-bond acceptors (Lipinski definition) is 2. The van der Waals surface area contributed by atoms with Crippen LogP contribution in [0.25, 0.3) is 5.57 Å². The van der Waals surface area contributed by atoms with Crippen molar-refractivity contribution in [1.29, 1.82) is 5.26 Å². The van der Waals surface area contributed by atoms with Crippen molar-refractivity contribution in [2.75, 3.05) is 13.1 Å². The summed E-state index contributed by atoms with van der Waals surface area (Å²) in [5.41, 5.74) is 1.67. The minimum Gasteiger partial charge on any atom is -0.337 e. The largest absolute Gasteiger partial charge is 0.337 e. The number of hydrogen-bond donors (Lipinski definition) is 0. The average Bonchev–Trinajstić information content (AvgIpc) is 2.48. The summed E-state index contributed by atoms with van der Waals surface area (Å²) in [6.45, 7) is 1.29. The van der Waals surface area contributed by atoms with Crippen LogP contribution in [0.4, 0.5) is 0 Å². The molecule has 0 N–H and O–H groups in total. The smallest absolute Gasteiger partial charge is 0.243 e. The van der Waals surface area contributed by atoms with Crippen molar-refractivity contribution in [2.45, 2.75) is 25.7 Å². The summed E-state index contributed by atoms with van der Waals surface area (Å²) >= 11 is 5.90. The Hall–Kier alpha value is -1.79. The molecular weight excluding hydrogens is 284 g/mol. The van der Waals surface area contributed by atoms with Crippen molar-refractivity contribution in [2.24, 2.45) is 5.41 Å². The quantitative estimate of drug-likeness (QED) is 0.837. The topological polar surface area (TPSA) is 44.1 Å². The first-order valence-electron chi connectivity index (χ1n) is 7.30. The van der Waals surface area contributed by atoms with Crippen LogP contribution in [0, 0.1) is 16.7 Å². The van der Waals surface area contributed by atoms with Gasteiger partial charge in [-0.3, -0.25) is 4.79 Å². The maximum absolute atomic E-state index is 12.5. The van der Waals surface area contributed by atoms with Gasteiger partial charge in [-0.2, -0.15) is 5.26 Å². The third-order valence-electron chi connectivity index (χ3n) is 4.54. The van der Waals surface area contributed by atoms with Crippen LogP contribution >= 0.6 is 11.6 Å². The van der Waals surface area contributed by atoms with Crippen LogP contribution in [0.1, 0.15) is 31.2 Å². The SMILES string of the molecule is N#CC1(C(=O)N2CC=C(c3ccc(Cl)cc3)CC2)CCC1. The summed E-state index contributed by atoms with van der Waals surface area (Å²) in [4.78, 5) is 14.3. The molecular formula is C17H17ClN2O. The van der Waals surface area contributed by atoms with E-state index in [1.807, 2.05) is 29.2 Å². The number of nitriles is 1. The second-order valence-corrected chi connectivity index (χ2v) is 6.22. The summed E-state index contributed by atoms with van der Waals surface area (Å²) in [6, 6.07) is 10.0. The first kappa shape index (κ1) is 14.2. The monoisotopic (exact) mass is 300 g/mol. The Labute approximate surface area is 129 Å². The Kier molecular flexibility index (Phi) is 3.73. The van der Waals surface area contributed by atoms with Crippen molar-refractivity contribution in [3.8, 4) is 6.07 Å². The molecule has 1 amide bonds. The Bertz CT molecular complexity index is 623. The molecule has 1 heterocycles. The molecule has 0 spiro atoms. The average molecular weight is 301 g/mol. The van der Waals surface area contributed by atoms with Gasteiger partial charge in [-0.15, -0.1) is 0 Å². The molecule has 0 aromatic heterocycles. The molecule has 0 unspecified atom stereocenters. The zero-order valence-electron chi connectivity index (χ0n) is 11.8. The van der Waals surface area contributed by atoms with Crippen molar-refractivity contribution >= 4 is 23.1 Å². The normalized spacial score (nSPS) is 20.2. The van der Waals surface area contributed by atoms with E-state index in [0.717, 1.165) is 23.4 Å². The van der Waals surface area contributed by atoms with Crippen molar-refractivity contribution < 1.29 is 4.79 Å². The molecule has 1 aliphatic heterocycles. The molecule has 0 radical (unpaired) electrons. The molecule has 0 atom stereocenters. The number of halogens is 1. The molecule has 0 saturated heterocycles. The summed E-state index contributed by atoms with van der Waals surface area (Å²) in [7, 11) is 0. The summed E-state index contributed by atoms with van der Waals surface area (Å²) in [6.07, 6.45) is 5.33. The third-order valence-corrected chi connectivity index (χ3v) is 4.79. The third kappa shape index (κ3) is 2.56. The van der Waals surface area contributed by atoms with Gasteiger partial charge in [0.05, 0.1) is 6.07 Å². The summed E-state index contributed by atoms with van der Waals surface area (Å²) in [5, 5.41) is 10.00. The lowest BCUT2D eigenvalue weighted by atomic mass is 9.69. The zero-order valence-corrected chi connectivity index (χ0v) is 12.6. The second kappa shape index (κ2) is 5.54. The highest BCUT2D eigenvalue weighted by Gasteiger charge is 2.46. The lowest BCUT2D eigenvalue weighted by Crippen LogP contribution is -2.48. The Morgan fingerprint density at radius 1 is 1.29 bits per heavy atom. The van der Waals surface area contributed by atoms with Gasteiger partial charge in [0, 0.05) is 18.1 Å². The van der Waals surface area contributed by atoms with Gasteiger partial charge in [-0.1, -0.05) is 29.8 Å². The van der Waals surface area contributed by atoms with E-state index >= 15 is 0 Å². The standard InChI is InChI=1S/C17H17ClN2O/c18-15-4-2-13(3-5-15)14-6-10-20(11-7-14)16(21)17(12-19)8-1-9-17/h2-6H,1,7-11H2. The fourth-order valence-corrected chi connectivity index (χ4v) is 3.11. The van der Waals surface area contributed by atoms with Crippen LogP contribution in [-0.2, 0) is 4.79 Å². The van der Waals surface area contributed by atoms with E-state index < -0.39 is 5.41 Å². The maximum Gasteiger partial charge on any atom is 0.243 e. The molecule has 1 fully saturated rings. The fraction of sp³-hybridized carbons (Fsp3) is 0.412. The summed E-state index contributed by atoms with van der Waals surface area (Å²) in [5.74, 6) is 0.0163. The second-order valence-electron chi connectivity index (χ2n) is 5.78. The molecule has 4 heteroatoms. The first-order valence-corrected chi connectivity index (χ1v) is 7.68. The van der Waals surface area contributed by atoms with E-state index in [9.17, 15) is 10.1 Å². The fourth-order valence-electron chi connectivity index (χ4n) is 2.99. The van der Waals surface area contributed by atoms with Gasteiger partial charge in [0.15, 0.2) is 0 Å².